The normalized spacial score (nSPS) is 17.9. The number of sulfonamides is 1. The maximum Gasteiger partial charge on any atom is 0.289 e. The van der Waals surface area contributed by atoms with Crippen LogP contribution in [0, 0.1) is 10.1 Å². The van der Waals surface area contributed by atoms with Gasteiger partial charge in [-0.3, -0.25) is 14.4 Å². The van der Waals surface area contributed by atoms with Crippen LogP contribution < -0.4 is 10.0 Å². The van der Waals surface area contributed by atoms with Crippen molar-refractivity contribution in [3.05, 3.63) is 64.2 Å². The number of nitrogens with two attached hydrogens (primary N) is 1. The number of nitro groups is 1. The fourth-order valence-corrected chi connectivity index (χ4v) is 4.60. The molecule has 3 rings (SSSR count). The van der Waals surface area contributed by atoms with Crippen molar-refractivity contribution < 1.29 is 13.3 Å². The molecule has 8 heteroatoms. The number of hydrogen-bond donors (Lipinski definition) is 1. The monoisotopic (exact) mass is 347 g/mol. The van der Waals surface area contributed by atoms with Crippen molar-refractivity contribution in [2.75, 3.05) is 10.8 Å². The van der Waals surface area contributed by atoms with E-state index < -0.39 is 20.6 Å². The standard InChI is InChI=1S/C16H17N3O4S/c17-13-10-9-12-5-1-2-6-14(12)18(11-13)24(22,23)16-8-4-3-7-15(16)19(20)21/h1-8,13H,9-11,17H2. The molecular formula is C16H17N3O4S. The number of nitro benzene ring substituents is 1. The van der Waals surface area contributed by atoms with E-state index in [9.17, 15) is 18.5 Å². The molecule has 0 aliphatic carbocycles. The Hall–Kier alpha value is -2.45. The van der Waals surface area contributed by atoms with E-state index in [1.807, 2.05) is 12.1 Å². The lowest BCUT2D eigenvalue weighted by molar-refractivity contribution is -0.387. The fraction of sp³-hybridized carbons (Fsp3) is 0.250. The van der Waals surface area contributed by atoms with Gasteiger partial charge >= 0.3 is 0 Å². The molecule has 0 bridgehead atoms. The predicted octanol–water partition coefficient (Wildman–Crippen LogP) is 2.06. The van der Waals surface area contributed by atoms with Gasteiger partial charge in [0.1, 0.15) is 0 Å². The second kappa shape index (κ2) is 6.21. The van der Waals surface area contributed by atoms with E-state index in [0.29, 0.717) is 18.5 Å². The van der Waals surface area contributed by atoms with Crippen molar-refractivity contribution in [1.82, 2.24) is 0 Å². The van der Waals surface area contributed by atoms with Crippen molar-refractivity contribution in [1.29, 1.82) is 0 Å². The Morgan fingerprint density at radius 3 is 2.54 bits per heavy atom. The molecule has 0 radical (unpaired) electrons. The van der Waals surface area contributed by atoms with Crippen LogP contribution in [0.2, 0.25) is 0 Å². The summed E-state index contributed by atoms with van der Waals surface area (Å²) in [7, 11) is -4.10. The Balaban J connectivity index is 2.18. The molecule has 0 amide bonds. The van der Waals surface area contributed by atoms with Crippen LogP contribution in [-0.4, -0.2) is 25.9 Å². The molecule has 0 saturated carbocycles. The first kappa shape index (κ1) is 16.4. The quantitative estimate of drug-likeness (QED) is 0.675. The Labute approximate surface area is 139 Å². The molecule has 1 aliphatic rings. The molecule has 1 unspecified atom stereocenters. The van der Waals surface area contributed by atoms with Gasteiger partial charge in [-0.25, -0.2) is 8.42 Å². The lowest BCUT2D eigenvalue weighted by Gasteiger charge is -2.26. The second-order valence-electron chi connectivity index (χ2n) is 5.69. The Morgan fingerprint density at radius 2 is 1.79 bits per heavy atom. The molecule has 0 aromatic heterocycles. The molecule has 24 heavy (non-hydrogen) atoms. The third kappa shape index (κ3) is 2.85. The maximum atomic E-state index is 13.1. The molecule has 1 heterocycles. The molecular weight excluding hydrogens is 330 g/mol. The highest BCUT2D eigenvalue weighted by molar-refractivity contribution is 7.93. The van der Waals surface area contributed by atoms with Crippen molar-refractivity contribution in [3.8, 4) is 0 Å². The van der Waals surface area contributed by atoms with Crippen LogP contribution in [0.25, 0.3) is 0 Å². The first-order valence-electron chi connectivity index (χ1n) is 7.51. The summed E-state index contributed by atoms with van der Waals surface area (Å²) in [6, 6.07) is 12.2. The van der Waals surface area contributed by atoms with E-state index in [1.54, 1.807) is 12.1 Å². The van der Waals surface area contributed by atoms with Crippen molar-refractivity contribution in [2.45, 2.75) is 23.8 Å². The van der Waals surface area contributed by atoms with Crippen LogP contribution in [0.1, 0.15) is 12.0 Å². The van der Waals surface area contributed by atoms with E-state index in [2.05, 4.69) is 0 Å². The summed E-state index contributed by atoms with van der Waals surface area (Å²) in [5.41, 5.74) is 7.00. The summed E-state index contributed by atoms with van der Waals surface area (Å²) >= 11 is 0. The number of hydrogen-bond acceptors (Lipinski definition) is 5. The van der Waals surface area contributed by atoms with E-state index in [4.69, 9.17) is 5.73 Å². The fourth-order valence-electron chi connectivity index (χ4n) is 2.88. The van der Waals surface area contributed by atoms with Gasteiger partial charge in [0.05, 0.1) is 10.6 Å². The van der Waals surface area contributed by atoms with E-state index in [0.717, 1.165) is 5.56 Å². The number of aryl methyl sites for hydroxylation is 1. The third-order valence-electron chi connectivity index (χ3n) is 4.08. The zero-order chi connectivity index (χ0) is 17.3. The largest absolute Gasteiger partial charge is 0.326 e. The number of benzene rings is 2. The van der Waals surface area contributed by atoms with E-state index >= 15 is 0 Å². The van der Waals surface area contributed by atoms with Gasteiger partial charge in [-0.2, -0.15) is 0 Å². The van der Waals surface area contributed by atoms with Gasteiger partial charge in [-0.05, 0) is 30.5 Å². The molecule has 2 aromatic carbocycles. The molecule has 2 N–H and O–H groups in total. The molecule has 1 aliphatic heterocycles. The molecule has 0 spiro atoms. The predicted molar refractivity (Wildman–Crippen MR) is 90.4 cm³/mol. The zero-order valence-electron chi connectivity index (χ0n) is 12.8. The Kier molecular flexibility index (Phi) is 4.25. The Bertz CT molecular complexity index is 882. The molecule has 126 valence electrons. The van der Waals surface area contributed by atoms with Crippen molar-refractivity contribution in [3.63, 3.8) is 0 Å². The minimum Gasteiger partial charge on any atom is -0.326 e. The minimum absolute atomic E-state index is 0.0887. The summed E-state index contributed by atoms with van der Waals surface area (Å²) in [5, 5.41) is 11.2. The first-order chi connectivity index (χ1) is 11.4. The average molecular weight is 347 g/mol. The number of anilines is 1. The van der Waals surface area contributed by atoms with Crippen LogP contribution in [-0.2, 0) is 16.4 Å². The average Bonchev–Trinajstić information content (AvgIpc) is 2.75. The van der Waals surface area contributed by atoms with Gasteiger partial charge in [0.2, 0.25) is 0 Å². The summed E-state index contributed by atoms with van der Waals surface area (Å²) in [6.07, 6.45) is 1.32. The van der Waals surface area contributed by atoms with Crippen LogP contribution in [0.4, 0.5) is 11.4 Å². The first-order valence-corrected chi connectivity index (χ1v) is 8.95. The van der Waals surface area contributed by atoms with Gasteiger partial charge in [0.25, 0.3) is 15.7 Å². The summed E-state index contributed by atoms with van der Waals surface area (Å²) in [6.45, 7) is 0.0887. The number of rotatable bonds is 3. The van der Waals surface area contributed by atoms with Crippen LogP contribution >= 0.6 is 0 Å². The number of fused-ring (bicyclic) bond motifs is 1. The smallest absolute Gasteiger partial charge is 0.289 e. The molecule has 0 saturated heterocycles. The highest BCUT2D eigenvalue weighted by Crippen LogP contribution is 2.33. The maximum absolute atomic E-state index is 13.1. The van der Waals surface area contributed by atoms with Gasteiger partial charge in [-0.1, -0.05) is 30.3 Å². The van der Waals surface area contributed by atoms with Gasteiger partial charge in [-0.15, -0.1) is 0 Å². The molecule has 7 nitrogen and oxygen atoms in total. The third-order valence-corrected chi connectivity index (χ3v) is 5.90. The van der Waals surface area contributed by atoms with Crippen LogP contribution in [0.3, 0.4) is 0 Å². The summed E-state index contributed by atoms with van der Waals surface area (Å²) in [4.78, 5) is 10.2. The van der Waals surface area contributed by atoms with Crippen molar-refractivity contribution in [2.24, 2.45) is 5.73 Å². The lowest BCUT2D eigenvalue weighted by Crippen LogP contribution is -2.40. The van der Waals surface area contributed by atoms with Gasteiger partial charge < -0.3 is 5.73 Å². The second-order valence-corrected chi connectivity index (χ2v) is 7.52. The topological polar surface area (TPSA) is 107 Å². The number of para-hydroxylation sites is 2. The minimum atomic E-state index is -4.10. The highest BCUT2D eigenvalue weighted by atomic mass is 32.2. The highest BCUT2D eigenvalue weighted by Gasteiger charge is 2.34. The van der Waals surface area contributed by atoms with E-state index in [-0.39, 0.29) is 17.5 Å². The SMILES string of the molecule is NC1CCc2ccccc2N(S(=O)(=O)c2ccccc2[N+](=O)[O-])C1. The summed E-state index contributed by atoms with van der Waals surface area (Å²) in [5.74, 6) is 0. The Morgan fingerprint density at radius 1 is 1.12 bits per heavy atom. The van der Waals surface area contributed by atoms with Crippen molar-refractivity contribution >= 4 is 21.4 Å². The van der Waals surface area contributed by atoms with Gasteiger partial charge in [0, 0.05) is 18.7 Å². The van der Waals surface area contributed by atoms with E-state index in [1.165, 1.54) is 28.6 Å². The molecule has 2 aromatic rings. The van der Waals surface area contributed by atoms with Crippen LogP contribution in [0.5, 0.6) is 0 Å². The molecule has 1 atom stereocenters. The molecule has 0 fully saturated rings. The summed E-state index contributed by atoms with van der Waals surface area (Å²) < 4.78 is 27.5. The lowest BCUT2D eigenvalue weighted by atomic mass is 10.1. The van der Waals surface area contributed by atoms with Crippen LogP contribution in [0.15, 0.2) is 53.4 Å². The zero-order valence-corrected chi connectivity index (χ0v) is 13.6. The number of nitrogens with zero attached hydrogens (tertiary/aromatic N) is 2. The van der Waals surface area contributed by atoms with Gasteiger partial charge in [0.15, 0.2) is 4.90 Å².